The summed E-state index contributed by atoms with van der Waals surface area (Å²) in [6, 6.07) is 0. The third-order valence-corrected chi connectivity index (χ3v) is 4.38. The van der Waals surface area contributed by atoms with Crippen molar-refractivity contribution in [3.05, 3.63) is 24.3 Å². The van der Waals surface area contributed by atoms with Crippen molar-refractivity contribution in [2.75, 3.05) is 0 Å². The summed E-state index contributed by atoms with van der Waals surface area (Å²) in [5, 5.41) is 9.54. The van der Waals surface area contributed by atoms with Gasteiger partial charge in [0.25, 0.3) is 0 Å². The Bertz CT molecular complexity index is 395. The highest BCUT2D eigenvalue weighted by atomic mass is 16.4. The van der Waals surface area contributed by atoms with Crippen LogP contribution in [-0.4, -0.2) is 16.9 Å². The fourth-order valence-electron chi connectivity index (χ4n) is 2.78. The van der Waals surface area contributed by atoms with Crippen molar-refractivity contribution in [2.24, 2.45) is 5.41 Å². The van der Waals surface area contributed by atoms with E-state index in [1.54, 1.807) is 6.92 Å². The van der Waals surface area contributed by atoms with E-state index in [9.17, 15) is 14.7 Å². The highest BCUT2D eigenvalue weighted by Crippen LogP contribution is 2.31. The normalized spacial score (nSPS) is 29.1. The van der Waals surface area contributed by atoms with E-state index in [0.29, 0.717) is 25.7 Å². The van der Waals surface area contributed by atoms with Crippen molar-refractivity contribution >= 4 is 11.8 Å². The smallest absolute Gasteiger partial charge is 0.317 e. The van der Waals surface area contributed by atoms with Gasteiger partial charge in [-0.15, -0.1) is 0 Å². The molecule has 0 amide bonds. The number of carbonyl (C=O) groups excluding carboxylic acids is 1. The van der Waals surface area contributed by atoms with Crippen LogP contribution in [0.3, 0.4) is 0 Å². The molecular weight excluding hydrogens is 264 g/mol. The summed E-state index contributed by atoms with van der Waals surface area (Å²) >= 11 is 0. The molecule has 1 N–H and O–H groups in total. The minimum atomic E-state index is -1.23. The monoisotopic (exact) mass is 292 g/mol. The van der Waals surface area contributed by atoms with Crippen molar-refractivity contribution < 1.29 is 14.7 Å². The molecule has 0 saturated heterocycles. The lowest BCUT2D eigenvalue weighted by Crippen LogP contribution is -2.38. The number of aliphatic carboxylic acids is 1. The molecule has 1 rings (SSSR count). The second-order valence-electron chi connectivity index (χ2n) is 5.84. The number of allylic oxidation sites excluding steroid dienone is 4. The Morgan fingerprint density at radius 3 is 2.19 bits per heavy atom. The predicted molar refractivity (Wildman–Crippen MR) is 85.2 cm³/mol. The molecule has 0 aromatic carbocycles. The van der Waals surface area contributed by atoms with Gasteiger partial charge in [0, 0.05) is 6.42 Å². The summed E-state index contributed by atoms with van der Waals surface area (Å²) in [6.45, 7) is 1.80. The number of carboxylic acid groups (broad SMARTS) is 1. The Kier molecular flexibility index (Phi) is 8.03. The van der Waals surface area contributed by atoms with E-state index < -0.39 is 11.4 Å². The summed E-state index contributed by atoms with van der Waals surface area (Å²) in [4.78, 5) is 24.0. The molecule has 0 bridgehead atoms. The lowest BCUT2D eigenvalue weighted by molar-refractivity contribution is -0.155. The van der Waals surface area contributed by atoms with Crippen LogP contribution in [-0.2, 0) is 9.59 Å². The summed E-state index contributed by atoms with van der Waals surface area (Å²) in [6.07, 6.45) is 16.6. The van der Waals surface area contributed by atoms with Crippen molar-refractivity contribution in [1.82, 2.24) is 0 Å². The van der Waals surface area contributed by atoms with Gasteiger partial charge in [-0.1, -0.05) is 44.1 Å². The summed E-state index contributed by atoms with van der Waals surface area (Å²) in [5.41, 5.74) is -1.23. The van der Waals surface area contributed by atoms with Crippen molar-refractivity contribution in [2.45, 2.75) is 71.1 Å². The maximum atomic E-state index is 12.4. The Morgan fingerprint density at radius 2 is 1.62 bits per heavy atom. The van der Waals surface area contributed by atoms with E-state index in [0.717, 1.165) is 19.3 Å². The zero-order valence-corrected chi connectivity index (χ0v) is 13.1. The first kappa shape index (κ1) is 17.7. The van der Waals surface area contributed by atoms with Crippen LogP contribution < -0.4 is 0 Å². The highest BCUT2D eigenvalue weighted by Gasteiger charge is 2.42. The van der Waals surface area contributed by atoms with E-state index in [1.165, 1.54) is 19.3 Å². The molecule has 21 heavy (non-hydrogen) atoms. The van der Waals surface area contributed by atoms with Crippen LogP contribution in [0.25, 0.3) is 0 Å². The van der Waals surface area contributed by atoms with E-state index >= 15 is 0 Å². The van der Waals surface area contributed by atoms with Gasteiger partial charge in [-0.25, -0.2) is 0 Å². The Hall–Kier alpha value is -1.38. The van der Waals surface area contributed by atoms with Crippen LogP contribution >= 0.6 is 0 Å². The van der Waals surface area contributed by atoms with Crippen LogP contribution in [0.2, 0.25) is 0 Å². The molecule has 0 radical (unpaired) electrons. The Balaban J connectivity index is 2.82. The van der Waals surface area contributed by atoms with Gasteiger partial charge in [0.15, 0.2) is 5.78 Å². The van der Waals surface area contributed by atoms with Gasteiger partial charge in [0.2, 0.25) is 0 Å². The Morgan fingerprint density at radius 1 is 1.05 bits per heavy atom. The molecule has 0 saturated carbocycles. The van der Waals surface area contributed by atoms with Crippen molar-refractivity contribution in [3.63, 3.8) is 0 Å². The maximum Gasteiger partial charge on any atom is 0.317 e. The molecule has 1 aliphatic rings. The number of Topliss-reactive ketones (excluding diaryl/α,β-unsaturated/α-hetero) is 1. The van der Waals surface area contributed by atoms with Gasteiger partial charge >= 0.3 is 5.97 Å². The third-order valence-electron chi connectivity index (χ3n) is 4.38. The van der Waals surface area contributed by atoms with Crippen molar-refractivity contribution in [1.29, 1.82) is 0 Å². The molecule has 1 unspecified atom stereocenters. The molecule has 0 aromatic heterocycles. The fraction of sp³-hybridized carbons (Fsp3) is 0.667. The number of hydrogen-bond donors (Lipinski definition) is 1. The number of rotatable bonds is 2. The number of carboxylic acids is 1. The van der Waals surface area contributed by atoms with Gasteiger partial charge in [0.05, 0.1) is 0 Å². The standard InChI is InChI=1S/C18H28O3/c1-2-18(17(20)21)15-13-11-9-7-5-3-4-6-8-10-12-14-16(18)19/h8,10-11,13H,2-7,9,12,14-15H2,1H3,(H,20,21)/b10-8+,13-11+. The van der Waals surface area contributed by atoms with Gasteiger partial charge in [-0.05, 0) is 44.9 Å². The zero-order chi connectivity index (χ0) is 15.6. The number of hydrogen-bond acceptors (Lipinski definition) is 2. The largest absolute Gasteiger partial charge is 0.480 e. The maximum absolute atomic E-state index is 12.4. The topological polar surface area (TPSA) is 54.4 Å². The first-order valence-corrected chi connectivity index (χ1v) is 8.20. The van der Waals surface area contributed by atoms with Crippen LogP contribution in [0.1, 0.15) is 71.1 Å². The van der Waals surface area contributed by atoms with Gasteiger partial charge in [-0.2, -0.15) is 0 Å². The SMILES string of the molecule is CCC1(C(=O)O)C/C=C/CCCCCC/C=C/CCC1=O. The average molecular weight is 292 g/mol. The van der Waals surface area contributed by atoms with E-state index in [4.69, 9.17) is 0 Å². The Labute approximate surface area is 128 Å². The second-order valence-corrected chi connectivity index (χ2v) is 5.84. The average Bonchev–Trinajstić information content (AvgIpc) is 2.47. The van der Waals surface area contributed by atoms with Gasteiger partial charge < -0.3 is 5.11 Å². The molecule has 0 spiro atoms. The molecule has 0 heterocycles. The summed E-state index contributed by atoms with van der Waals surface area (Å²) < 4.78 is 0. The van der Waals surface area contributed by atoms with E-state index in [-0.39, 0.29) is 5.78 Å². The molecule has 0 aromatic rings. The van der Waals surface area contributed by atoms with Gasteiger partial charge in [-0.3, -0.25) is 9.59 Å². The molecule has 0 fully saturated rings. The van der Waals surface area contributed by atoms with E-state index in [1.807, 2.05) is 18.2 Å². The predicted octanol–water partition coefficient (Wildman–Crippen LogP) is 4.67. The first-order chi connectivity index (χ1) is 10.1. The minimum absolute atomic E-state index is 0.137. The quantitative estimate of drug-likeness (QED) is 0.594. The summed E-state index contributed by atoms with van der Waals surface area (Å²) in [7, 11) is 0. The minimum Gasteiger partial charge on any atom is -0.480 e. The number of carbonyl (C=O) groups is 2. The second kappa shape index (κ2) is 9.54. The summed E-state index contributed by atoms with van der Waals surface area (Å²) in [5.74, 6) is -1.12. The van der Waals surface area contributed by atoms with Crippen LogP contribution in [0, 0.1) is 5.41 Å². The van der Waals surface area contributed by atoms with Gasteiger partial charge in [0.1, 0.15) is 5.41 Å². The first-order valence-electron chi connectivity index (χ1n) is 8.20. The fourth-order valence-corrected chi connectivity index (χ4v) is 2.78. The lowest BCUT2D eigenvalue weighted by atomic mass is 9.76. The van der Waals surface area contributed by atoms with Crippen molar-refractivity contribution in [3.8, 4) is 0 Å². The zero-order valence-electron chi connectivity index (χ0n) is 13.1. The molecule has 118 valence electrons. The molecule has 3 heteroatoms. The lowest BCUT2D eigenvalue weighted by Gasteiger charge is -2.25. The van der Waals surface area contributed by atoms with E-state index in [2.05, 4.69) is 6.08 Å². The molecule has 3 nitrogen and oxygen atoms in total. The highest BCUT2D eigenvalue weighted by molar-refractivity contribution is 6.03. The molecule has 0 aliphatic heterocycles. The number of ketones is 1. The third kappa shape index (κ3) is 5.49. The van der Waals surface area contributed by atoms with Crippen LogP contribution in [0.5, 0.6) is 0 Å². The van der Waals surface area contributed by atoms with Crippen LogP contribution in [0.4, 0.5) is 0 Å². The molecular formula is C18H28O3. The molecule has 1 atom stereocenters. The molecule has 1 aliphatic carbocycles. The van der Waals surface area contributed by atoms with Crippen LogP contribution in [0.15, 0.2) is 24.3 Å².